The molecule has 3 N–H and O–H groups in total. The summed E-state index contributed by atoms with van der Waals surface area (Å²) in [6.07, 6.45) is 1.09. The van der Waals surface area contributed by atoms with Gasteiger partial charge in [-0.2, -0.15) is 0 Å². The van der Waals surface area contributed by atoms with Crippen molar-refractivity contribution in [2.24, 2.45) is 5.73 Å². The molecule has 0 bridgehead atoms. The average Bonchev–Trinajstić information content (AvgIpc) is 1.80. The molecule has 54 valence electrons. The molecule has 2 amide bonds. The number of nitrogens with one attached hydrogen (secondary N) is 1. The smallest absolute Gasteiger partial charge is 0.312 e. The summed E-state index contributed by atoms with van der Waals surface area (Å²) < 4.78 is 0. The van der Waals surface area contributed by atoms with Gasteiger partial charge in [0.05, 0.1) is 0 Å². The Morgan fingerprint density at radius 3 is 2.89 bits per heavy atom. The standard InChI is InChI=1S/C5H14N2OSi/c1-9-4-2-3-7-5(6)8/h2-4,9H2,1H3,(H3,6,7,8). The average molecular weight is 146 g/mol. The minimum absolute atomic E-state index is 0.177. The molecule has 0 aromatic carbocycles. The summed E-state index contributed by atoms with van der Waals surface area (Å²) in [4.78, 5) is 10.1. The molecular formula is C5H14N2OSi. The normalized spacial score (nSPS) is 10.3. The van der Waals surface area contributed by atoms with Gasteiger partial charge in [0.2, 0.25) is 0 Å². The number of nitrogens with two attached hydrogens (primary N) is 1. The van der Waals surface area contributed by atoms with Crippen LogP contribution in [-0.4, -0.2) is 22.1 Å². The number of hydrogen-bond acceptors (Lipinski definition) is 1. The molecule has 0 aromatic rings. The van der Waals surface area contributed by atoms with E-state index in [2.05, 4.69) is 11.9 Å². The first kappa shape index (κ1) is 8.49. The number of carbonyl (C=O) groups is 1. The molecule has 0 fully saturated rings. The minimum Gasteiger partial charge on any atom is -0.352 e. The van der Waals surface area contributed by atoms with E-state index in [4.69, 9.17) is 5.73 Å². The molecule has 0 aliphatic rings. The number of urea groups is 1. The van der Waals surface area contributed by atoms with Gasteiger partial charge in [0.1, 0.15) is 0 Å². The van der Waals surface area contributed by atoms with E-state index in [1.807, 2.05) is 0 Å². The van der Waals surface area contributed by atoms with Gasteiger partial charge in [-0.3, -0.25) is 0 Å². The Morgan fingerprint density at radius 1 is 1.78 bits per heavy atom. The van der Waals surface area contributed by atoms with Crippen LogP contribution in [0.2, 0.25) is 12.6 Å². The zero-order valence-electron chi connectivity index (χ0n) is 5.81. The van der Waals surface area contributed by atoms with Crippen LogP contribution in [0.25, 0.3) is 0 Å². The fourth-order valence-electron chi connectivity index (χ4n) is 0.587. The molecule has 0 aliphatic heterocycles. The van der Waals surface area contributed by atoms with Crippen LogP contribution in [0.1, 0.15) is 6.42 Å². The second-order valence-corrected chi connectivity index (χ2v) is 3.71. The van der Waals surface area contributed by atoms with Crippen LogP contribution in [0, 0.1) is 0 Å². The molecule has 0 radical (unpaired) electrons. The van der Waals surface area contributed by atoms with E-state index >= 15 is 0 Å². The lowest BCUT2D eigenvalue weighted by Crippen LogP contribution is -2.30. The fourth-order valence-corrected chi connectivity index (χ4v) is 1.34. The zero-order chi connectivity index (χ0) is 7.11. The largest absolute Gasteiger partial charge is 0.352 e. The Balaban J connectivity index is 2.83. The Kier molecular flexibility index (Phi) is 5.30. The van der Waals surface area contributed by atoms with Crippen molar-refractivity contribution in [3.63, 3.8) is 0 Å². The first-order valence-electron chi connectivity index (χ1n) is 3.30. The van der Waals surface area contributed by atoms with E-state index in [9.17, 15) is 4.79 Å². The summed E-state index contributed by atoms with van der Waals surface area (Å²) >= 11 is 0. The zero-order valence-corrected chi connectivity index (χ0v) is 7.23. The Bertz CT molecular complexity index is 87.0. The SMILES string of the molecule is C[SiH2]CCCNC(N)=O. The van der Waals surface area contributed by atoms with Crippen LogP contribution in [0.15, 0.2) is 0 Å². The van der Waals surface area contributed by atoms with Crippen LogP contribution in [0.5, 0.6) is 0 Å². The molecule has 0 spiro atoms. The molecule has 3 nitrogen and oxygen atoms in total. The Hall–Kier alpha value is -0.513. The van der Waals surface area contributed by atoms with E-state index in [1.165, 1.54) is 6.04 Å². The molecule has 0 unspecified atom stereocenters. The van der Waals surface area contributed by atoms with Gasteiger partial charge in [0.15, 0.2) is 0 Å². The van der Waals surface area contributed by atoms with Crippen molar-refractivity contribution in [1.29, 1.82) is 0 Å². The maximum atomic E-state index is 10.1. The first-order chi connectivity index (χ1) is 4.27. The van der Waals surface area contributed by atoms with E-state index in [0.29, 0.717) is 0 Å². The summed E-state index contributed by atoms with van der Waals surface area (Å²) in [6.45, 7) is 3.00. The van der Waals surface area contributed by atoms with Crippen LogP contribution in [0.3, 0.4) is 0 Å². The summed E-state index contributed by atoms with van der Waals surface area (Å²) in [5.74, 6) is 0. The third-order valence-corrected chi connectivity index (χ3v) is 2.29. The Labute approximate surface area is 57.8 Å². The predicted molar refractivity (Wildman–Crippen MR) is 41.4 cm³/mol. The van der Waals surface area contributed by atoms with Crippen LogP contribution in [0.4, 0.5) is 4.79 Å². The van der Waals surface area contributed by atoms with Gasteiger partial charge in [-0.05, 0) is 6.42 Å². The highest BCUT2D eigenvalue weighted by molar-refractivity contribution is 6.33. The third kappa shape index (κ3) is 7.49. The number of rotatable bonds is 4. The predicted octanol–water partition coefficient (Wildman–Crippen LogP) is -0.320. The second kappa shape index (κ2) is 5.62. The molecule has 0 heterocycles. The van der Waals surface area contributed by atoms with Crippen molar-refractivity contribution in [2.75, 3.05) is 6.54 Å². The molecule has 0 aliphatic carbocycles. The van der Waals surface area contributed by atoms with E-state index in [0.717, 1.165) is 13.0 Å². The lowest BCUT2D eigenvalue weighted by molar-refractivity contribution is 0.249. The van der Waals surface area contributed by atoms with E-state index < -0.39 is 6.03 Å². The highest BCUT2D eigenvalue weighted by Crippen LogP contribution is 1.83. The van der Waals surface area contributed by atoms with Gasteiger partial charge in [0.25, 0.3) is 0 Å². The van der Waals surface area contributed by atoms with Gasteiger partial charge >= 0.3 is 6.03 Å². The van der Waals surface area contributed by atoms with Crippen molar-refractivity contribution >= 4 is 15.6 Å². The van der Waals surface area contributed by atoms with Gasteiger partial charge in [-0.25, -0.2) is 4.79 Å². The monoisotopic (exact) mass is 146 g/mol. The summed E-state index contributed by atoms with van der Waals surface area (Å²) in [5.41, 5.74) is 4.84. The molecule has 0 saturated heterocycles. The molecule has 0 aromatic heterocycles. The third-order valence-electron chi connectivity index (χ3n) is 1.08. The van der Waals surface area contributed by atoms with Crippen molar-refractivity contribution in [1.82, 2.24) is 5.32 Å². The van der Waals surface area contributed by atoms with Gasteiger partial charge in [-0.15, -0.1) is 0 Å². The molecule has 0 saturated carbocycles. The summed E-state index contributed by atoms with van der Waals surface area (Å²) in [7, 11) is 0.177. The summed E-state index contributed by atoms with van der Waals surface area (Å²) in [5, 5.41) is 2.54. The highest BCUT2D eigenvalue weighted by atomic mass is 28.2. The topological polar surface area (TPSA) is 55.1 Å². The van der Waals surface area contributed by atoms with Crippen LogP contribution in [-0.2, 0) is 0 Å². The quantitative estimate of drug-likeness (QED) is 0.414. The van der Waals surface area contributed by atoms with Crippen molar-refractivity contribution < 1.29 is 4.79 Å². The van der Waals surface area contributed by atoms with Crippen molar-refractivity contribution in [3.05, 3.63) is 0 Å². The van der Waals surface area contributed by atoms with E-state index in [-0.39, 0.29) is 9.52 Å². The first-order valence-corrected chi connectivity index (χ1v) is 5.72. The van der Waals surface area contributed by atoms with Gasteiger partial charge in [-0.1, -0.05) is 12.6 Å². The minimum atomic E-state index is -0.409. The number of carbonyl (C=O) groups excluding carboxylic acids is 1. The molecular weight excluding hydrogens is 132 g/mol. The number of hydrogen-bond donors (Lipinski definition) is 2. The molecule has 0 atom stereocenters. The van der Waals surface area contributed by atoms with E-state index in [1.54, 1.807) is 0 Å². The maximum Gasteiger partial charge on any atom is 0.312 e. The van der Waals surface area contributed by atoms with Crippen molar-refractivity contribution in [2.45, 2.75) is 19.0 Å². The maximum absolute atomic E-state index is 10.1. The molecule has 9 heavy (non-hydrogen) atoms. The highest BCUT2D eigenvalue weighted by Gasteiger charge is 1.88. The fraction of sp³-hybridized carbons (Fsp3) is 0.800. The van der Waals surface area contributed by atoms with Gasteiger partial charge < -0.3 is 11.1 Å². The number of primary amides is 1. The number of amides is 2. The Morgan fingerprint density at radius 2 is 2.44 bits per heavy atom. The van der Waals surface area contributed by atoms with Crippen LogP contribution < -0.4 is 11.1 Å². The lowest BCUT2D eigenvalue weighted by Gasteiger charge is -1.97. The lowest BCUT2D eigenvalue weighted by atomic mass is 10.5. The second-order valence-electron chi connectivity index (χ2n) is 2.00. The summed E-state index contributed by atoms with van der Waals surface area (Å²) in [6, 6.07) is 0.882. The molecule has 4 heteroatoms. The molecule has 0 rings (SSSR count). The van der Waals surface area contributed by atoms with Crippen LogP contribution >= 0.6 is 0 Å². The van der Waals surface area contributed by atoms with Gasteiger partial charge in [0, 0.05) is 16.1 Å². The van der Waals surface area contributed by atoms with Crippen molar-refractivity contribution in [3.8, 4) is 0 Å².